The van der Waals surface area contributed by atoms with Gasteiger partial charge in [0.05, 0.1) is 12.4 Å². The van der Waals surface area contributed by atoms with Gasteiger partial charge in [0.25, 0.3) is 0 Å². The summed E-state index contributed by atoms with van der Waals surface area (Å²) in [5.74, 6) is -2.70. The maximum Gasteiger partial charge on any atom is 0.331 e. The molecule has 0 spiro atoms. The second-order valence-electron chi connectivity index (χ2n) is 4.57. The predicted molar refractivity (Wildman–Crippen MR) is 77.1 cm³/mol. The first-order valence-corrected chi connectivity index (χ1v) is 6.73. The largest absolute Gasteiger partial charge is 0.458 e. The fourth-order valence-electron chi connectivity index (χ4n) is 1.61. The molecular weight excluding hydrogens is 322 g/mol. The van der Waals surface area contributed by atoms with Crippen LogP contribution < -0.4 is 0 Å². The van der Waals surface area contributed by atoms with Crippen molar-refractivity contribution in [2.75, 3.05) is 0 Å². The summed E-state index contributed by atoms with van der Waals surface area (Å²) in [6.07, 6.45) is 6.49. The molecule has 24 heavy (non-hydrogen) atoms. The van der Waals surface area contributed by atoms with Crippen molar-refractivity contribution in [1.82, 2.24) is 9.97 Å². The van der Waals surface area contributed by atoms with E-state index in [1.54, 1.807) is 0 Å². The number of carbonyl (C=O) groups is 2. The SMILES string of the molecule is O=C(/C=C/C(=O)OCc1cncc(F)c1)OCc1cncc(F)c1. The highest BCUT2D eigenvalue weighted by atomic mass is 19.1. The summed E-state index contributed by atoms with van der Waals surface area (Å²) in [6, 6.07) is 2.34. The zero-order valence-electron chi connectivity index (χ0n) is 12.3. The van der Waals surface area contributed by atoms with Crippen LogP contribution in [0.1, 0.15) is 11.1 Å². The molecule has 0 aromatic carbocycles. The maximum absolute atomic E-state index is 12.9. The summed E-state index contributed by atoms with van der Waals surface area (Å²) >= 11 is 0. The quantitative estimate of drug-likeness (QED) is 0.595. The Morgan fingerprint density at radius 2 is 1.25 bits per heavy atom. The third kappa shape index (κ3) is 5.91. The summed E-state index contributed by atoms with van der Waals surface area (Å²) < 4.78 is 35.4. The van der Waals surface area contributed by atoms with E-state index < -0.39 is 23.6 Å². The van der Waals surface area contributed by atoms with Crippen LogP contribution in [0, 0.1) is 11.6 Å². The molecule has 0 unspecified atom stereocenters. The van der Waals surface area contributed by atoms with E-state index in [0.717, 1.165) is 24.5 Å². The Bertz CT molecular complexity index is 702. The first-order chi connectivity index (χ1) is 11.5. The molecule has 0 aliphatic heterocycles. The normalized spacial score (nSPS) is 10.6. The lowest BCUT2D eigenvalue weighted by atomic mass is 10.3. The number of ether oxygens (including phenoxy) is 2. The van der Waals surface area contributed by atoms with E-state index in [0.29, 0.717) is 11.1 Å². The van der Waals surface area contributed by atoms with E-state index in [4.69, 9.17) is 9.47 Å². The van der Waals surface area contributed by atoms with Gasteiger partial charge in [0.2, 0.25) is 0 Å². The van der Waals surface area contributed by atoms with Crippen molar-refractivity contribution in [3.8, 4) is 0 Å². The molecule has 2 aromatic rings. The lowest BCUT2D eigenvalue weighted by Crippen LogP contribution is -2.05. The van der Waals surface area contributed by atoms with Gasteiger partial charge in [0, 0.05) is 35.7 Å². The molecule has 0 atom stereocenters. The van der Waals surface area contributed by atoms with Crippen LogP contribution in [0.5, 0.6) is 0 Å². The smallest absolute Gasteiger partial charge is 0.331 e. The van der Waals surface area contributed by atoms with Gasteiger partial charge in [-0.2, -0.15) is 0 Å². The van der Waals surface area contributed by atoms with Crippen LogP contribution in [-0.4, -0.2) is 21.9 Å². The molecule has 0 fully saturated rings. The van der Waals surface area contributed by atoms with Crippen LogP contribution >= 0.6 is 0 Å². The Morgan fingerprint density at radius 1 is 0.833 bits per heavy atom. The van der Waals surface area contributed by atoms with Crippen molar-refractivity contribution in [2.45, 2.75) is 13.2 Å². The van der Waals surface area contributed by atoms with Gasteiger partial charge in [-0.1, -0.05) is 0 Å². The van der Waals surface area contributed by atoms with E-state index >= 15 is 0 Å². The van der Waals surface area contributed by atoms with Crippen molar-refractivity contribution < 1.29 is 27.8 Å². The number of carbonyl (C=O) groups excluding carboxylic acids is 2. The van der Waals surface area contributed by atoms with Crippen molar-refractivity contribution >= 4 is 11.9 Å². The molecule has 2 rings (SSSR count). The van der Waals surface area contributed by atoms with Crippen molar-refractivity contribution in [1.29, 1.82) is 0 Å². The average molecular weight is 334 g/mol. The summed E-state index contributed by atoms with van der Waals surface area (Å²) in [6.45, 7) is -0.365. The molecule has 0 N–H and O–H groups in total. The third-order valence-corrected chi connectivity index (χ3v) is 2.64. The van der Waals surface area contributed by atoms with Crippen molar-refractivity contribution in [3.63, 3.8) is 0 Å². The Hall–Kier alpha value is -3.16. The molecule has 8 heteroatoms. The molecule has 0 saturated carbocycles. The molecule has 124 valence electrons. The van der Waals surface area contributed by atoms with Gasteiger partial charge >= 0.3 is 11.9 Å². The number of aromatic nitrogens is 2. The van der Waals surface area contributed by atoms with Gasteiger partial charge in [-0.15, -0.1) is 0 Å². The van der Waals surface area contributed by atoms with Gasteiger partial charge in [-0.3, -0.25) is 9.97 Å². The number of pyridine rings is 2. The van der Waals surface area contributed by atoms with E-state index in [1.165, 1.54) is 24.5 Å². The minimum absolute atomic E-state index is 0.183. The van der Waals surface area contributed by atoms with Crippen molar-refractivity contribution in [2.24, 2.45) is 0 Å². The number of rotatable bonds is 6. The first kappa shape index (κ1) is 17.2. The highest BCUT2D eigenvalue weighted by Crippen LogP contribution is 2.04. The monoisotopic (exact) mass is 334 g/mol. The summed E-state index contributed by atoms with van der Waals surface area (Å²) in [4.78, 5) is 30.1. The summed E-state index contributed by atoms with van der Waals surface area (Å²) in [5.41, 5.74) is 0.746. The highest BCUT2D eigenvalue weighted by Gasteiger charge is 2.04. The number of nitrogens with zero attached hydrogens (tertiary/aromatic N) is 2. The molecule has 0 aliphatic carbocycles. The molecule has 0 radical (unpaired) electrons. The number of esters is 2. The second kappa shape index (κ2) is 8.47. The molecule has 0 bridgehead atoms. The fraction of sp³-hybridized carbons (Fsp3) is 0.125. The standard InChI is InChI=1S/C16H12F2N2O4/c17-13-3-11(5-19-7-13)9-23-15(21)1-2-16(22)24-10-12-4-14(18)8-20-6-12/h1-8H,9-10H2/b2-1+. The summed E-state index contributed by atoms with van der Waals surface area (Å²) in [7, 11) is 0. The predicted octanol–water partition coefficient (Wildman–Crippen LogP) is 2.10. The first-order valence-electron chi connectivity index (χ1n) is 6.73. The molecular formula is C16H12F2N2O4. The van der Waals surface area contributed by atoms with Gasteiger partial charge < -0.3 is 9.47 Å². The van der Waals surface area contributed by atoms with Crippen molar-refractivity contribution in [3.05, 3.63) is 71.8 Å². The second-order valence-corrected chi connectivity index (χ2v) is 4.57. The molecule has 0 amide bonds. The number of halogens is 2. The van der Waals surface area contributed by atoms with Gasteiger partial charge in [0.1, 0.15) is 24.8 Å². The van der Waals surface area contributed by atoms with E-state index in [-0.39, 0.29) is 13.2 Å². The topological polar surface area (TPSA) is 78.4 Å². The fourth-order valence-corrected chi connectivity index (χ4v) is 1.61. The van der Waals surface area contributed by atoms with Gasteiger partial charge in [-0.25, -0.2) is 18.4 Å². The van der Waals surface area contributed by atoms with Crippen LogP contribution in [0.3, 0.4) is 0 Å². The zero-order chi connectivity index (χ0) is 17.4. The van der Waals surface area contributed by atoms with E-state index in [1.807, 2.05) is 0 Å². The Balaban J connectivity index is 1.75. The van der Waals surface area contributed by atoms with Gasteiger partial charge in [0.15, 0.2) is 0 Å². The number of hydrogen-bond acceptors (Lipinski definition) is 6. The highest BCUT2D eigenvalue weighted by molar-refractivity contribution is 5.91. The lowest BCUT2D eigenvalue weighted by Gasteiger charge is -2.02. The van der Waals surface area contributed by atoms with Crippen LogP contribution in [-0.2, 0) is 32.3 Å². The molecule has 2 aromatic heterocycles. The minimum atomic E-state index is -0.802. The van der Waals surface area contributed by atoms with Crippen LogP contribution in [0.25, 0.3) is 0 Å². The molecule has 0 saturated heterocycles. The maximum atomic E-state index is 12.9. The molecule has 6 nitrogen and oxygen atoms in total. The Labute approximate surface area is 135 Å². The summed E-state index contributed by atoms with van der Waals surface area (Å²) in [5, 5.41) is 0. The minimum Gasteiger partial charge on any atom is -0.458 e. The molecule has 0 aliphatic rings. The lowest BCUT2D eigenvalue weighted by molar-refractivity contribution is -0.141. The Morgan fingerprint density at radius 3 is 1.62 bits per heavy atom. The Kier molecular flexibility index (Phi) is 6.07. The number of hydrogen-bond donors (Lipinski definition) is 0. The molecule has 2 heterocycles. The third-order valence-electron chi connectivity index (χ3n) is 2.64. The van der Waals surface area contributed by atoms with Crippen LogP contribution in [0.15, 0.2) is 49.1 Å². The van der Waals surface area contributed by atoms with E-state index in [9.17, 15) is 18.4 Å². The zero-order valence-corrected chi connectivity index (χ0v) is 12.3. The average Bonchev–Trinajstić information content (AvgIpc) is 2.56. The van der Waals surface area contributed by atoms with Crippen LogP contribution in [0.2, 0.25) is 0 Å². The van der Waals surface area contributed by atoms with E-state index in [2.05, 4.69) is 9.97 Å². The van der Waals surface area contributed by atoms with Gasteiger partial charge in [-0.05, 0) is 12.1 Å². The van der Waals surface area contributed by atoms with Crippen LogP contribution in [0.4, 0.5) is 8.78 Å².